The first kappa shape index (κ1) is 32.1. The van der Waals surface area contributed by atoms with Crippen LogP contribution in [0.4, 0.5) is 15.4 Å². The largest absolute Gasteiger partial charge is 0.447 e. The number of benzene rings is 1. The van der Waals surface area contributed by atoms with E-state index in [1.54, 1.807) is 51.2 Å². The average Bonchev–Trinajstić information content (AvgIpc) is 3.83. The summed E-state index contributed by atoms with van der Waals surface area (Å²) in [5.74, 6) is 0.134. The van der Waals surface area contributed by atoms with Crippen LogP contribution < -0.4 is 10.2 Å². The lowest BCUT2D eigenvalue weighted by Crippen LogP contribution is -2.47. The van der Waals surface area contributed by atoms with E-state index < -0.39 is 23.3 Å². The van der Waals surface area contributed by atoms with Crippen molar-refractivity contribution in [1.29, 1.82) is 0 Å². The summed E-state index contributed by atoms with van der Waals surface area (Å²) in [7, 11) is 0. The average molecular weight is 660 g/mol. The summed E-state index contributed by atoms with van der Waals surface area (Å²) in [6.07, 6.45) is 0.758. The van der Waals surface area contributed by atoms with E-state index in [0.29, 0.717) is 18.5 Å². The summed E-state index contributed by atoms with van der Waals surface area (Å²) in [5, 5.41) is 14.4. The van der Waals surface area contributed by atoms with Gasteiger partial charge in [-0.1, -0.05) is 30.3 Å². The van der Waals surface area contributed by atoms with Crippen molar-refractivity contribution in [3.8, 4) is 11.6 Å². The molecule has 2 aliphatic heterocycles. The number of alkyl carbamates (subject to hydrolysis) is 1. The minimum atomic E-state index is -1.17. The van der Waals surface area contributed by atoms with Gasteiger partial charge in [0.1, 0.15) is 34.3 Å². The van der Waals surface area contributed by atoms with E-state index in [1.165, 1.54) is 4.90 Å². The minimum absolute atomic E-state index is 0.0160. The Morgan fingerprint density at radius 1 is 1.09 bits per heavy atom. The molecule has 1 aromatic carbocycles. The maximum Gasteiger partial charge on any atom is 0.415 e. The molecule has 0 bridgehead atoms. The molecule has 6 rings (SSSR count). The molecule has 0 spiro atoms. The first-order chi connectivity index (χ1) is 22.4. The predicted octanol–water partition coefficient (Wildman–Crippen LogP) is 5.81. The van der Waals surface area contributed by atoms with Gasteiger partial charge in [-0.25, -0.2) is 19.6 Å². The van der Waals surface area contributed by atoms with Crippen molar-refractivity contribution >= 4 is 35.2 Å². The smallest absolute Gasteiger partial charge is 0.415 e. The van der Waals surface area contributed by atoms with Gasteiger partial charge in [0.2, 0.25) is 5.89 Å². The molecule has 3 aromatic heterocycles. The fourth-order valence-corrected chi connectivity index (χ4v) is 6.65. The number of ether oxygens (including phenoxy) is 2. The normalized spacial score (nSPS) is 17.8. The Balaban J connectivity index is 1.37. The third-order valence-corrected chi connectivity index (χ3v) is 8.89. The minimum Gasteiger partial charge on any atom is -0.447 e. The summed E-state index contributed by atoms with van der Waals surface area (Å²) in [4.78, 5) is 52.1. The molecular weight excluding hydrogens is 622 g/mol. The maximum absolute atomic E-state index is 14.1. The quantitative estimate of drug-likeness (QED) is 0.245. The molecule has 0 saturated carbocycles. The van der Waals surface area contributed by atoms with Crippen LogP contribution in [0.25, 0.3) is 11.6 Å². The van der Waals surface area contributed by atoms with Crippen molar-refractivity contribution in [2.75, 3.05) is 24.6 Å². The molecule has 0 unspecified atom stereocenters. The van der Waals surface area contributed by atoms with Crippen LogP contribution in [0.3, 0.4) is 0 Å². The lowest BCUT2D eigenvalue weighted by molar-refractivity contribution is 0.0443. The Bertz CT molecular complexity index is 1780. The summed E-state index contributed by atoms with van der Waals surface area (Å²) in [6, 6.07) is 12.6. The molecule has 2 aliphatic rings. The van der Waals surface area contributed by atoms with E-state index in [2.05, 4.69) is 25.5 Å². The summed E-state index contributed by atoms with van der Waals surface area (Å²) in [6.45, 7) is 10.1. The van der Waals surface area contributed by atoms with Crippen LogP contribution in [-0.4, -0.2) is 68.5 Å². The number of aryl methyl sites for hydroxylation is 1. The first-order valence-corrected chi connectivity index (χ1v) is 16.4. The Morgan fingerprint density at radius 3 is 2.55 bits per heavy atom. The highest BCUT2D eigenvalue weighted by molar-refractivity contribution is 7.09. The molecule has 246 valence electrons. The van der Waals surface area contributed by atoms with Crippen LogP contribution in [0.5, 0.6) is 0 Å². The van der Waals surface area contributed by atoms with Crippen molar-refractivity contribution in [1.82, 2.24) is 30.4 Å². The number of carbonyl (C=O) groups is 3. The van der Waals surface area contributed by atoms with Crippen molar-refractivity contribution in [2.24, 2.45) is 0 Å². The number of rotatable bonds is 8. The third kappa shape index (κ3) is 7.12. The number of thiazole rings is 1. The summed E-state index contributed by atoms with van der Waals surface area (Å²) in [5.41, 5.74) is 0.445. The van der Waals surface area contributed by atoms with Gasteiger partial charge >= 0.3 is 12.2 Å². The molecule has 5 heterocycles. The Labute approximate surface area is 276 Å². The number of aromatic nitrogens is 4. The van der Waals surface area contributed by atoms with E-state index in [4.69, 9.17) is 13.9 Å². The molecule has 0 aliphatic carbocycles. The first-order valence-electron chi connectivity index (χ1n) is 15.5. The number of hydrogen-bond acceptors (Lipinski definition) is 11. The SMILES string of the molecule is Cc1csc([C@H]2CCCN2C(=O)c2cc(-c3nnc([C@@](C)(Cc4ccccc4)NC(=O)OC(C)(C)C)o3)nc(N3CCOC3=O)c2)n1. The number of amides is 3. The van der Waals surface area contributed by atoms with Crippen LogP contribution in [0.2, 0.25) is 0 Å². The fourth-order valence-electron chi connectivity index (χ4n) is 5.70. The number of pyridine rings is 1. The molecule has 0 radical (unpaired) electrons. The number of nitrogens with zero attached hydrogens (tertiary/aromatic N) is 6. The van der Waals surface area contributed by atoms with E-state index in [-0.39, 0.29) is 48.4 Å². The van der Waals surface area contributed by atoms with E-state index in [1.807, 2.05) is 47.5 Å². The lowest BCUT2D eigenvalue weighted by Gasteiger charge is -2.29. The highest BCUT2D eigenvalue weighted by Gasteiger charge is 2.38. The second kappa shape index (κ2) is 12.7. The lowest BCUT2D eigenvalue weighted by atomic mass is 9.92. The highest BCUT2D eigenvalue weighted by Crippen LogP contribution is 2.36. The van der Waals surface area contributed by atoms with Gasteiger partial charge in [-0.2, -0.15) is 0 Å². The fraction of sp³-hybridized carbons (Fsp3) is 0.424. The van der Waals surface area contributed by atoms with Gasteiger partial charge in [-0.05, 0) is 65.2 Å². The number of anilines is 1. The summed E-state index contributed by atoms with van der Waals surface area (Å²) < 4.78 is 16.9. The molecule has 3 amide bonds. The maximum atomic E-state index is 14.1. The van der Waals surface area contributed by atoms with E-state index in [9.17, 15) is 14.4 Å². The van der Waals surface area contributed by atoms with Crippen molar-refractivity contribution in [3.63, 3.8) is 0 Å². The van der Waals surface area contributed by atoms with Crippen LogP contribution in [0.1, 0.15) is 79.1 Å². The van der Waals surface area contributed by atoms with Gasteiger partial charge in [0.25, 0.3) is 11.8 Å². The highest BCUT2D eigenvalue weighted by atomic mass is 32.1. The monoisotopic (exact) mass is 659 g/mol. The van der Waals surface area contributed by atoms with Gasteiger partial charge in [0.05, 0.1) is 12.6 Å². The molecule has 47 heavy (non-hydrogen) atoms. The van der Waals surface area contributed by atoms with Gasteiger partial charge in [0.15, 0.2) is 0 Å². The zero-order chi connectivity index (χ0) is 33.3. The van der Waals surface area contributed by atoms with Crippen LogP contribution in [0.15, 0.2) is 52.3 Å². The number of nitrogens with one attached hydrogen (secondary N) is 1. The number of cyclic esters (lactones) is 1. The van der Waals surface area contributed by atoms with Crippen molar-refractivity contribution in [2.45, 2.75) is 71.1 Å². The number of likely N-dealkylation sites (tertiary alicyclic amines) is 1. The van der Waals surface area contributed by atoms with Gasteiger partial charge in [0, 0.05) is 29.6 Å². The van der Waals surface area contributed by atoms with Crippen LogP contribution in [-0.2, 0) is 21.4 Å². The zero-order valence-electron chi connectivity index (χ0n) is 27.0. The predicted molar refractivity (Wildman–Crippen MR) is 173 cm³/mol. The molecule has 2 saturated heterocycles. The number of hydrogen-bond donors (Lipinski definition) is 1. The van der Waals surface area contributed by atoms with E-state index in [0.717, 1.165) is 29.1 Å². The molecular formula is C33H37N7O6S. The summed E-state index contributed by atoms with van der Waals surface area (Å²) >= 11 is 1.54. The van der Waals surface area contributed by atoms with Gasteiger partial charge in [-0.15, -0.1) is 21.5 Å². The molecule has 1 N–H and O–H groups in total. The Kier molecular flexibility index (Phi) is 8.70. The number of carbonyl (C=O) groups excluding carboxylic acids is 3. The van der Waals surface area contributed by atoms with Crippen LogP contribution in [0, 0.1) is 6.92 Å². The Morgan fingerprint density at radius 2 is 1.87 bits per heavy atom. The third-order valence-electron chi connectivity index (χ3n) is 7.83. The molecule has 2 fully saturated rings. The molecule has 14 heteroatoms. The van der Waals surface area contributed by atoms with E-state index >= 15 is 0 Å². The Hall–Kier alpha value is -4.85. The second-order valence-corrected chi connectivity index (χ2v) is 13.8. The zero-order valence-corrected chi connectivity index (χ0v) is 27.8. The van der Waals surface area contributed by atoms with Crippen molar-refractivity contribution in [3.05, 3.63) is 75.6 Å². The van der Waals surface area contributed by atoms with Crippen molar-refractivity contribution < 1.29 is 28.3 Å². The topological polar surface area (TPSA) is 153 Å². The van der Waals surface area contributed by atoms with Gasteiger partial charge < -0.3 is 24.1 Å². The van der Waals surface area contributed by atoms with Crippen LogP contribution >= 0.6 is 11.3 Å². The second-order valence-electron chi connectivity index (χ2n) is 12.9. The van der Waals surface area contributed by atoms with Gasteiger partial charge in [-0.3, -0.25) is 9.69 Å². The molecule has 13 nitrogen and oxygen atoms in total. The molecule has 2 atom stereocenters. The molecule has 4 aromatic rings. The standard InChI is InChI=1S/C33H37N7O6S/c1-20-19-47-27(34-20)24-12-9-13-39(24)28(41)22-16-23(35-25(17-22)40-14-15-44-31(40)43)26-37-38-29(45-26)33(5,18-21-10-7-6-8-11-21)36-30(42)46-32(2,3)4/h6-8,10-11,16-17,19,24H,9,12-15,18H2,1-5H3,(H,36,42)/t24-,33-/m1/s1.